The molecule has 0 aromatic rings. The maximum absolute atomic E-state index is 10.9. The summed E-state index contributed by atoms with van der Waals surface area (Å²) in [6.45, 7) is 3.59. The Hall–Kier alpha value is 0.130. The smallest absolute Gasteiger partial charge is 0.156 e. The maximum Gasteiger partial charge on any atom is 0.156 e. The Balaban J connectivity index is 4.02. The molecule has 0 amide bonds. The highest BCUT2D eigenvalue weighted by atomic mass is 79.9. The van der Waals surface area contributed by atoms with E-state index in [2.05, 4.69) is 22.5 Å². The molecule has 0 aliphatic carbocycles. The van der Waals surface area contributed by atoms with Crippen molar-refractivity contribution in [2.45, 2.75) is 0 Å². The number of nitrogens with two attached hydrogens (primary N) is 1. The monoisotopic (exact) mass is 227 g/mol. The largest absolute Gasteiger partial charge is 0.329 e. The predicted octanol–water partition coefficient (Wildman–Crippen LogP) is 0.269. The van der Waals surface area contributed by atoms with E-state index in [1.54, 1.807) is 0 Å². The van der Waals surface area contributed by atoms with E-state index >= 15 is 0 Å². The van der Waals surface area contributed by atoms with Gasteiger partial charge in [-0.3, -0.25) is 0 Å². The molecule has 0 saturated carbocycles. The fourth-order valence-corrected chi connectivity index (χ4v) is 2.52. The van der Waals surface area contributed by atoms with Gasteiger partial charge in [-0.05, 0) is 0 Å². The van der Waals surface area contributed by atoms with Crippen molar-refractivity contribution in [3.05, 3.63) is 11.1 Å². The first-order valence-electron chi connectivity index (χ1n) is 2.72. The SMILES string of the molecule is C=C(Br)CS(=O)(=O)CCN. The molecule has 0 unspecified atom stereocenters. The molecule has 10 heavy (non-hydrogen) atoms. The molecule has 0 radical (unpaired) electrons. The van der Waals surface area contributed by atoms with Gasteiger partial charge in [0.25, 0.3) is 0 Å². The molecule has 0 fully saturated rings. The maximum atomic E-state index is 10.9. The first-order valence-corrected chi connectivity index (χ1v) is 5.33. The molecule has 2 N–H and O–H groups in total. The van der Waals surface area contributed by atoms with Crippen LogP contribution in [0.15, 0.2) is 11.1 Å². The fraction of sp³-hybridized carbons (Fsp3) is 0.600. The standard InChI is InChI=1S/C5H10BrNO2S/c1-5(6)4-10(8,9)3-2-7/h1-4,7H2. The molecule has 0 heterocycles. The van der Waals surface area contributed by atoms with Crippen molar-refractivity contribution >= 4 is 25.8 Å². The number of hydrogen-bond acceptors (Lipinski definition) is 3. The van der Waals surface area contributed by atoms with Crippen LogP contribution in [0.2, 0.25) is 0 Å². The predicted molar refractivity (Wildman–Crippen MR) is 45.8 cm³/mol. The second-order valence-electron chi connectivity index (χ2n) is 1.90. The Morgan fingerprint density at radius 2 is 2.10 bits per heavy atom. The van der Waals surface area contributed by atoms with Crippen LogP contribution in [0, 0.1) is 0 Å². The van der Waals surface area contributed by atoms with Gasteiger partial charge in [0.05, 0.1) is 11.5 Å². The number of hydrogen-bond donors (Lipinski definition) is 1. The van der Waals surface area contributed by atoms with Crippen LogP contribution in [0.4, 0.5) is 0 Å². The zero-order valence-corrected chi connectivity index (χ0v) is 7.91. The van der Waals surface area contributed by atoms with E-state index in [0.717, 1.165) is 0 Å². The fourth-order valence-electron chi connectivity index (χ4n) is 0.490. The molecular weight excluding hydrogens is 218 g/mol. The third-order valence-corrected chi connectivity index (χ3v) is 3.10. The van der Waals surface area contributed by atoms with Gasteiger partial charge in [0.15, 0.2) is 9.84 Å². The van der Waals surface area contributed by atoms with Gasteiger partial charge in [0, 0.05) is 11.0 Å². The van der Waals surface area contributed by atoms with Crippen LogP contribution in [0.25, 0.3) is 0 Å². The van der Waals surface area contributed by atoms with E-state index in [1.807, 2.05) is 0 Å². The van der Waals surface area contributed by atoms with Crippen LogP contribution in [-0.4, -0.2) is 26.5 Å². The lowest BCUT2D eigenvalue weighted by molar-refractivity contribution is 0.598. The molecule has 3 nitrogen and oxygen atoms in total. The minimum atomic E-state index is -3.00. The van der Waals surface area contributed by atoms with Crippen molar-refractivity contribution < 1.29 is 8.42 Å². The highest BCUT2D eigenvalue weighted by Crippen LogP contribution is 2.04. The Labute approximate surface area is 69.3 Å². The highest BCUT2D eigenvalue weighted by Gasteiger charge is 2.08. The zero-order chi connectivity index (χ0) is 8.20. The first-order chi connectivity index (χ1) is 4.48. The van der Waals surface area contributed by atoms with E-state index in [9.17, 15) is 8.42 Å². The molecule has 0 aromatic carbocycles. The van der Waals surface area contributed by atoms with E-state index in [4.69, 9.17) is 5.73 Å². The number of rotatable bonds is 4. The van der Waals surface area contributed by atoms with Gasteiger partial charge in [-0.2, -0.15) is 0 Å². The van der Waals surface area contributed by atoms with Gasteiger partial charge in [-0.15, -0.1) is 0 Å². The summed E-state index contributed by atoms with van der Waals surface area (Å²) in [4.78, 5) is 0. The molecular formula is C5H10BrNO2S. The third-order valence-electron chi connectivity index (χ3n) is 0.805. The van der Waals surface area contributed by atoms with Crippen LogP contribution < -0.4 is 5.73 Å². The Morgan fingerprint density at radius 3 is 2.40 bits per heavy atom. The second kappa shape index (κ2) is 4.10. The normalized spacial score (nSPS) is 11.4. The lowest BCUT2D eigenvalue weighted by atomic mass is 10.8. The summed E-state index contributed by atoms with van der Waals surface area (Å²) in [5.74, 6) is 0.00181. The van der Waals surface area contributed by atoms with Gasteiger partial charge < -0.3 is 5.73 Å². The highest BCUT2D eigenvalue weighted by molar-refractivity contribution is 9.11. The molecule has 0 rings (SSSR count). The molecule has 5 heteroatoms. The summed E-state index contributed by atoms with van der Waals surface area (Å²) < 4.78 is 22.2. The Bertz CT molecular complexity index is 210. The van der Waals surface area contributed by atoms with Gasteiger partial charge in [0.1, 0.15) is 0 Å². The Kier molecular flexibility index (Phi) is 4.15. The first kappa shape index (κ1) is 10.1. The molecule has 0 saturated heterocycles. The summed E-state index contributed by atoms with van der Waals surface area (Å²) in [7, 11) is -3.00. The topological polar surface area (TPSA) is 60.2 Å². The zero-order valence-electron chi connectivity index (χ0n) is 5.51. The third kappa shape index (κ3) is 4.96. The number of sulfone groups is 1. The van der Waals surface area contributed by atoms with Crippen molar-refractivity contribution in [2.75, 3.05) is 18.1 Å². The molecule has 0 atom stereocenters. The van der Waals surface area contributed by atoms with Crippen LogP contribution in [0.5, 0.6) is 0 Å². The molecule has 0 aromatic heterocycles. The van der Waals surface area contributed by atoms with E-state index in [1.165, 1.54) is 0 Å². The lowest BCUT2D eigenvalue weighted by Crippen LogP contribution is -2.18. The summed E-state index contributed by atoms with van der Waals surface area (Å²) in [6, 6.07) is 0. The molecule has 0 aliphatic heterocycles. The van der Waals surface area contributed by atoms with E-state index in [0.29, 0.717) is 4.48 Å². The molecule has 0 bridgehead atoms. The van der Waals surface area contributed by atoms with E-state index in [-0.39, 0.29) is 18.1 Å². The van der Waals surface area contributed by atoms with Crippen molar-refractivity contribution in [3.8, 4) is 0 Å². The summed E-state index contributed by atoms with van der Waals surface area (Å²) >= 11 is 2.97. The summed E-state index contributed by atoms with van der Waals surface area (Å²) in [5.41, 5.74) is 5.07. The molecule has 0 spiro atoms. The van der Waals surface area contributed by atoms with Gasteiger partial charge in [0.2, 0.25) is 0 Å². The number of halogens is 1. The summed E-state index contributed by atoms with van der Waals surface area (Å²) in [5, 5.41) is 0. The summed E-state index contributed by atoms with van der Waals surface area (Å²) in [6.07, 6.45) is 0. The van der Waals surface area contributed by atoms with Crippen molar-refractivity contribution in [2.24, 2.45) is 5.73 Å². The minimum Gasteiger partial charge on any atom is -0.329 e. The van der Waals surface area contributed by atoms with Gasteiger partial charge in [-0.1, -0.05) is 22.5 Å². The average molecular weight is 228 g/mol. The van der Waals surface area contributed by atoms with E-state index < -0.39 is 9.84 Å². The van der Waals surface area contributed by atoms with Crippen molar-refractivity contribution in [1.82, 2.24) is 0 Å². The van der Waals surface area contributed by atoms with Crippen LogP contribution in [0.1, 0.15) is 0 Å². The quantitative estimate of drug-likeness (QED) is 0.751. The average Bonchev–Trinajstić information content (AvgIpc) is 1.59. The van der Waals surface area contributed by atoms with Crippen LogP contribution in [-0.2, 0) is 9.84 Å². The molecule has 0 aliphatic rings. The van der Waals surface area contributed by atoms with Gasteiger partial charge >= 0.3 is 0 Å². The Morgan fingerprint density at radius 1 is 1.60 bits per heavy atom. The van der Waals surface area contributed by atoms with Crippen molar-refractivity contribution in [3.63, 3.8) is 0 Å². The van der Waals surface area contributed by atoms with Crippen LogP contribution in [0.3, 0.4) is 0 Å². The lowest BCUT2D eigenvalue weighted by Gasteiger charge is -1.98. The minimum absolute atomic E-state index is 0.0236. The second-order valence-corrected chi connectivity index (χ2v) is 5.20. The van der Waals surface area contributed by atoms with Crippen LogP contribution >= 0.6 is 15.9 Å². The van der Waals surface area contributed by atoms with Gasteiger partial charge in [-0.25, -0.2) is 8.42 Å². The van der Waals surface area contributed by atoms with Crippen molar-refractivity contribution in [1.29, 1.82) is 0 Å². The molecule has 60 valence electrons.